The molecule has 1 rings (SSSR count). The van der Waals surface area contributed by atoms with Crippen LogP contribution in [0.3, 0.4) is 0 Å². The Hall–Kier alpha value is -1.76. The van der Waals surface area contributed by atoms with E-state index in [1.54, 1.807) is 0 Å². The molecular weight excluding hydrogens is 282 g/mol. The van der Waals surface area contributed by atoms with Crippen molar-refractivity contribution in [3.05, 3.63) is 23.8 Å². The molecule has 7 heteroatoms. The smallest absolute Gasteiger partial charge is 0.335 e. The zero-order chi connectivity index (χ0) is 15.3. The van der Waals surface area contributed by atoms with Crippen molar-refractivity contribution >= 4 is 21.7 Å². The van der Waals surface area contributed by atoms with Crippen LogP contribution in [0, 0.1) is 5.92 Å². The molecule has 1 aromatic carbocycles. The van der Waals surface area contributed by atoms with Crippen LogP contribution in [0.4, 0.5) is 5.69 Å². The molecule has 0 aliphatic carbocycles. The Morgan fingerprint density at radius 1 is 1.40 bits per heavy atom. The summed E-state index contributed by atoms with van der Waals surface area (Å²) < 4.78 is 31.3. The molecule has 6 nitrogen and oxygen atoms in total. The zero-order valence-electron chi connectivity index (χ0n) is 11.7. The van der Waals surface area contributed by atoms with Gasteiger partial charge in [0.25, 0.3) is 0 Å². The van der Waals surface area contributed by atoms with Crippen LogP contribution in [0.2, 0.25) is 0 Å². The number of hydrogen-bond acceptors (Lipinski definition) is 4. The quantitative estimate of drug-likeness (QED) is 0.805. The van der Waals surface area contributed by atoms with Gasteiger partial charge in [0, 0.05) is 0 Å². The summed E-state index contributed by atoms with van der Waals surface area (Å²) in [5.74, 6) is -0.609. The van der Waals surface area contributed by atoms with Crippen LogP contribution in [-0.4, -0.2) is 32.4 Å². The molecule has 0 amide bonds. The molecule has 0 aliphatic rings. The molecule has 2 N–H and O–H groups in total. The highest BCUT2D eigenvalue weighted by Crippen LogP contribution is 2.26. The number of rotatable bonds is 7. The van der Waals surface area contributed by atoms with Crippen LogP contribution in [0.25, 0.3) is 0 Å². The monoisotopic (exact) mass is 301 g/mol. The maximum Gasteiger partial charge on any atom is 0.335 e. The van der Waals surface area contributed by atoms with Gasteiger partial charge in [0.2, 0.25) is 10.0 Å². The molecule has 0 bridgehead atoms. The summed E-state index contributed by atoms with van der Waals surface area (Å²) in [7, 11) is -2.14. The van der Waals surface area contributed by atoms with E-state index in [1.165, 1.54) is 25.3 Å². The minimum Gasteiger partial charge on any atom is -0.495 e. The van der Waals surface area contributed by atoms with Crippen LogP contribution < -0.4 is 9.46 Å². The van der Waals surface area contributed by atoms with Gasteiger partial charge in [0.05, 0.1) is 24.1 Å². The number of aromatic carboxylic acids is 1. The Morgan fingerprint density at radius 3 is 2.55 bits per heavy atom. The zero-order valence-corrected chi connectivity index (χ0v) is 12.5. The largest absolute Gasteiger partial charge is 0.495 e. The Bertz CT molecular complexity index is 580. The summed E-state index contributed by atoms with van der Waals surface area (Å²) in [5, 5.41) is 8.93. The van der Waals surface area contributed by atoms with Gasteiger partial charge in [-0.3, -0.25) is 4.72 Å². The SMILES string of the molecule is COc1ccc(C(=O)O)cc1NS(=O)(=O)CCC(C)C. The maximum absolute atomic E-state index is 11.9. The van der Waals surface area contributed by atoms with Gasteiger partial charge in [0.15, 0.2) is 0 Å². The van der Waals surface area contributed by atoms with E-state index >= 15 is 0 Å². The van der Waals surface area contributed by atoms with E-state index in [2.05, 4.69) is 4.72 Å². The van der Waals surface area contributed by atoms with Gasteiger partial charge in [-0.25, -0.2) is 13.2 Å². The lowest BCUT2D eigenvalue weighted by atomic mass is 10.2. The van der Waals surface area contributed by atoms with Gasteiger partial charge in [-0.1, -0.05) is 13.8 Å². The van der Waals surface area contributed by atoms with E-state index in [-0.39, 0.29) is 28.7 Å². The Kier molecular flexibility index (Phi) is 5.38. The molecule has 0 atom stereocenters. The highest BCUT2D eigenvalue weighted by Gasteiger charge is 2.16. The fourth-order valence-electron chi connectivity index (χ4n) is 1.53. The van der Waals surface area contributed by atoms with Gasteiger partial charge >= 0.3 is 5.97 Å². The molecule has 0 unspecified atom stereocenters. The minimum atomic E-state index is -3.53. The lowest BCUT2D eigenvalue weighted by molar-refractivity contribution is 0.0697. The Labute approximate surface area is 118 Å². The topological polar surface area (TPSA) is 92.7 Å². The van der Waals surface area contributed by atoms with Gasteiger partial charge in [-0.05, 0) is 30.5 Å². The summed E-state index contributed by atoms with van der Waals surface area (Å²) in [4.78, 5) is 10.9. The number of carboxylic acid groups (broad SMARTS) is 1. The Balaban J connectivity index is 3.00. The lowest BCUT2D eigenvalue weighted by Crippen LogP contribution is -2.18. The normalized spacial score (nSPS) is 11.4. The number of carbonyl (C=O) groups is 1. The van der Waals surface area contributed by atoms with E-state index in [1.807, 2.05) is 13.8 Å². The first-order valence-corrected chi connectivity index (χ1v) is 7.82. The Morgan fingerprint density at radius 2 is 2.05 bits per heavy atom. The van der Waals surface area contributed by atoms with Gasteiger partial charge in [-0.2, -0.15) is 0 Å². The maximum atomic E-state index is 11.9. The van der Waals surface area contributed by atoms with Crippen molar-refractivity contribution in [3.8, 4) is 5.75 Å². The molecule has 20 heavy (non-hydrogen) atoms. The summed E-state index contributed by atoms with van der Waals surface area (Å²) in [6.45, 7) is 3.86. The first-order chi connectivity index (χ1) is 9.25. The van der Waals surface area contributed by atoms with Gasteiger partial charge in [0.1, 0.15) is 5.75 Å². The van der Waals surface area contributed by atoms with Crippen LogP contribution >= 0.6 is 0 Å². The lowest BCUT2D eigenvalue weighted by Gasteiger charge is -2.13. The van der Waals surface area contributed by atoms with E-state index in [0.717, 1.165) is 0 Å². The third kappa shape index (κ3) is 4.73. The van der Waals surface area contributed by atoms with E-state index in [0.29, 0.717) is 6.42 Å². The van der Waals surface area contributed by atoms with E-state index in [4.69, 9.17) is 9.84 Å². The highest BCUT2D eigenvalue weighted by molar-refractivity contribution is 7.92. The molecule has 0 saturated heterocycles. The van der Waals surface area contributed by atoms with Gasteiger partial charge in [-0.15, -0.1) is 0 Å². The molecule has 0 spiro atoms. The van der Waals surface area contributed by atoms with Crippen molar-refractivity contribution in [3.63, 3.8) is 0 Å². The summed E-state index contributed by atoms with van der Waals surface area (Å²) >= 11 is 0. The van der Waals surface area contributed by atoms with Crippen molar-refractivity contribution in [2.24, 2.45) is 5.92 Å². The third-order valence-corrected chi connectivity index (χ3v) is 3.98. The number of sulfonamides is 1. The molecule has 0 radical (unpaired) electrons. The number of benzene rings is 1. The van der Waals surface area contributed by atoms with Crippen LogP contribution in [-0.2, 0) is 10.0 Å². The third-order valence-electron chi connectivity index (χ3n) is 2.68. The summed E-state index contributed by atoms with van der Waals surface area (Å²) in [6.07, 6.45) is 0.524. The second-order valence-corrected chi connectivity index (χ2v) is 6.67. The van der Waals surface area contributed by atoms with Crippen LogP contribution in [0.1, 0.15) is 30.6 Å². The van der Waals surface area contributed by atoms with Crippen LogP contribution in [0.15, 0.2) is 18.2 Å². The van der Waals surface area contributed by atoms with E-state index < -0.39 is 16.0 Å². The standard InChI is InChI=1S/C13H19NO5S/c1-9(2)6-7-20(17,18)14-11-8-10(13(15)16)4-5-12(11)19-3/h4-5,8-9,14H,6-7H2,1-3H3,(H,15,16). The number of methoxy groups -OCH3 is 1. The highest BCUT2D eigenvalue weighted by atomic mass is 32.2. The first kappa shape index (κ1) is 16.3. The average Bonchev–Trinajstić information content (AvgIpc) is 2.36. The number of anilines is 1. The number of carboxylic acids is 1. The molecule has 0 aromatic heterocycles. The number of nitrogens with one attached hydrogen (secondary N) is 1. The average molecular weight is 301 g/mol. The molecule has 112 valence electrons. The fraction of sp³-hybridized carbons (Fsp3) is 0.462. The van der Waals surface area contributed by atoms with Crippen LogP contribution in [0.5, 0.6) is 5.75 Å². The predicted octanol–water partition coefficient (Wildman–Crippen LogP) is 2.18. The fourth-order valence-corrected chi connectivity index (χ4v) is 2.91. The molecule has 0 aliphatic heterocycles. The first-order valence-electron chi connectivity index (χ1n) is 6.17. The molecule has 1 aromatic rings. The summed E-state index contributed by atoms with van der Waals surface area (Å²) in [6, 6.07) is 4.02. The molecular formula is C13H19NO5S. The molecule has 0 fully saturated rings. The van der Waals surface area contributed by atoms with Crippen molar-refractivity contribution in [2.45, 2.75) is 20.3 Å². The molecule has 0 heterocycles. The molecule has 0 saturated carbocycles. The number of hydrogen-bond donors (Lipinski definition) is 2. The predicted molar refractivity (Wildman–Crippen MR) is 76.8 cm³/mol. The van der Waals surface area contributed by atoms with Crippen molar-refractivity contribution in [1.29, 1.82) is 0 Å². The van der Waals surface area contributed by atoms with Crippen molar-refractivity contribution in [1.82, 2.24) is 0 Å². The van der Waals surface area contributed by atoms with Gasteiger partial charge < -0.3 is 9.84 Å². The second kappa shape index (κ2) is 6.60. The minimum absolute atomic E-state index is 0.00707. The number of ether oxygens (including phenoxy) is 1. The van der Waals surface area contributed by atoms with Crippen molar-refractivity contribution in [2.75, 3.05) is 17.6 Å². The van der Waals surface area contributed by atoms with Crippen molar-refractivity contribution < 1.29 is 23.1 Å². The van der Waals surface area contributed by atoms with E-state index in [9.17, 15) is 13.2 Å². The second-order valence-electron chi connectivity index (χ2n) is 4.82. The summed E-state index contributed by atoms with van der Waals surface area (Å²) in [5.41, 5.74) is 0.128.